The number of aliphatic hydroxyl groups is 1. The van der Waals surface area contributed by atoms with Crippen LogP contribution in [-0.4, -0.2) is 27.2 Å². The molecule has 0 radical (unpaired) electrons. The molecule has 0 saturated carbocycles. The van der Waals surface area contributed by atoms with E-state index in [9.17, 15) is 13.5 Å². The van der Waals surface area contributed by atoms with Crippen molar-refractivity contribution in [1.29, 1.82) is 0 Å². The predicted molar refractivity (Wildman–Crippen MR) is 102 cm³/mol. The fourth-order valence-electron chi connectivity index (χ4n) is 2.78. The van der Waals surface area contributed by atoms with Gasteiger partial charge in [-0.05, 0) is 34.5 Å². The molecule has 0 aliphatic rings. The summed E-state index contributed by atoms with van der Waals surface area (Å²) in [5.41, 5.74) is 0.656. The van der Waals surface area contributed by atoms with E-state index in [-0.39, 0.29) is 22.2 Å². The van der Waals surface area contributed by atoms with Gasteiger partial charge in [-0.25, -0.2) is 13.1 Å². The number of benzene rings is 3. The van der Waals surface area contributed by atoms with Gasteiger partial charge in [-0.15, -0.1) is 0 Å². The zero-order chi connectivity index (χ0) is 18.7. The highest BCUT2D eigenvalue weighted by molar-refractivity contribution is 7.89. The maximum atomic E-state index is 12.6. The lowest BCUT2D eigenvalue weighted by atomic mass is 10.0. The third kappa shape index (κ3) is 3.83. The van der Waals surface area contributed by atoms with E-state index >= 15 is 0 Å². The van der Waals surface area contributed by atoms with Crippen LogP contribution in [0.3, 0.4) is 0 Å². The molecule has 0 amide bonds. The highest BCUT2D eigenvalue weighted by atomic mass is 35.5. The van der Waals surface area contributed by atoms with E-state index in [1.54, 1.807) is 12.1 Å². The number of hydrogen-bond donors (Lipinski definition) is 2. The van der Waals surface area contributed by atoms with E-state index in [1.807, 2.05) is 36.4 Å². The molecule has 5 nitrogen and oxygen atoms in total. The molecule has 2 N–H and O–H groups in total. The van der Waals surface area contributed by atoms with Gasteiger partial charge in [0.2, 0.25) is 10.0 Å². The number of hydrogen-bond acceptors (Lipinski definition) is 4. The molecule has 1 atom stereocenters. The summed E-state index contributed by atoms with van der Waals surface area (Å²) in [7, 11) is -2.52. The number of ether oxygens (including phenoxy) is 1. The van der Waals surface area contributed by atoms with Crippen LogP contribution in [-0.2, 0) is 10.0 Å². The van der Waals surface area contributed by atoms with Gasteiger partial charge in [-0.1, -0.05) is 54.1 Å². The molecule has 3 aromatic carbocycles. The minimum absolute atomic E-state index is 0.0716. The van der Waals surface area contributed by atoms with Crippen molar-refractivity contribution < 1.29 is 18.3 Å². The Morgan fingerprint density at radius 3 is 2.62 bits per heavy atom. The number of sulfonamides is 1. The van der Waals surface area contributed by atoms with Gasteiger partial charge in [0.05, 0.1) is 13.2 Å². The molecule has 0 spiro atoms. The lowest BCUT2D eigenvalue weighted by Gasteiger charge is -2.16. The molecule has 136 valence electrons. The molecule has 0 unspecified atom stereocenters. The topological polar surface area (TPSA) is 75.6 Å². The Bertz CT molecular complexity index is 1030. The third-order valence-corrected chi connectivity index (χ3v) is 5.74. The summed E-state index contributed by atoms with van der Waals surface area (Å²) >= 11 is 5.91. The first-order valence-electron chi connectivity index (χ1n) is 7.91. The minimum atomic E-state index is -3.90. The second-order valence-corrected chi connectivity index (χ2v) is 7.90. The summed E-state index contributed by atoms with van der Waals surface area (Å²) in [5.74, 6) is 0.182. The SMILES string of the molecule is COc1ccc(Cl)cc1S(=O)(=O)NC[C@H](O)c1cccc2ccccc12. The summed E-state index contributed by atoms with van der Waals surface area (Å²) in [5, 5.41) is 12.7. The second-order valence-electron chi connectivity index (χ2n) is 5.73. The Morgan fingerprint density at radius 2 is 1.85 bits per heavy atom. The first-order valence-corrected chi connectivity index (χ1v) is 9.77. The van der Waals surface area contributed by atoms with E-state index in [0.717, 1.165) is 10.8 Å². The molecule has 26 heavy (non-hydrogen) atoms. The van der Waals surface area contributed by atoms with Crippen molar-refractivity contribution in [2.24, 2.45) is 0 Å². The molecule has 0 aromatic heterocycles. The fourth-order valence-corrected chi connectivity index (χ4v) is 4.25. The van der Waals surface area contributed by atoms with Crippen molar-refractivity contribution in [2.45, 2.75) is 11.0 Å². The number of nitrogens with one attached hydrogen (secondary N) is 1. The van der Waals surface area contributed by atoms with E-state index in [0.29, 0.717) is 5.56 Å². The molecule has 0 saturated heterocycles. The normalized spacial score (nSPS) is 12.9. The van der Waals surface area contributed by atoms with Crippen LogP contribution >= 0.6 is 11.6 Å². The largest absolute Gasteiger partial charge is 0.495 e. The van der Waals surface area contributed by atoms with Crippen LogP contribution < -0.4 is 9.46 Å². The molecular weight excluding hydrogens is 374 g/mol. The predicted octanol–water partition coefficient (Wildman–Crippen LogP) is 3.51. The average molecular weight is 392 g/mol. The van der Waals surface area contributed by atoms with Gasteiger partial charge in [0.25, 0.3) is 0 Å². The first-order chi connectivity index (χ1) is 12.4. The molecule has 0 heterocycles. The zero-order valence-corrected chi connectivity index (χ0v) is 15.6. The Morgan fingerprint density at radius 1 is 1.12 bits per heavy atom. The number of aliphatic hydroxyl groups excluding tert-OH is 1. The summed E-state index contributed by atoms with van der Waals surface area (Å²) in [6.45, 7) is -0.175. The van der Waals surface area contributed by atoms with Gasteiger partial charge in [-0.3, -0.25) is 0 Å². The lowest BCUT2D eigenvalue weighted by Crippen LogP contribution is -2.29. The summed E-state index contributed by atoms with van der Waals surface area (Å²) < 4.78 is 32.7. The molecule has 0 aliphatic carbocycles. The van der Waals surface area contributed by atoms with Gasteiger partial charge < -0.3 is 9.84 Å². The number of methoxy groups -OCH3 is 1. The molecule has 7 heteroatoms. The third-order valence-electron chi connectivity index (χ3n) is 4.06. The van der Waals surface area contributed by atoms with Gasteiger partial charge >= 0.3 is 0 Å². The Kier molecular flexibility index (Phi) is 5.48. The van der Waals surface area contributed by atoms with Crippen LogP contribution in [0.15, 0.2) is 65.6 Å². The molecule has 0 bridgehead atoms. The zero-order valence-electron chi connectivity index (χ0n) is 14.0. The maximum Gasteiger partial charge on any atom is 0.244 e. The van der Waals surface area contributed by atoms with Crippen molar-refractivity contribution in [3.05, 3.63) is 71.2 Å². The Balaban J connectivity index is 1.85. The van der Waals surface area contributed by atoms with Crippen LogP contribution in [0.25, 0.3) is 10.8 Å². The van der Waals surface area contributed by atoms with E-state index in [4.69, 9.17) is 16.3 Å². The molecule has 3 rings (SSSR count). The van der Waals surface area contributed by atoms with Crippen LogP contribution in [0.1, 0.15) is 11.7 Å². The highest BCUT2D eigenvalue weighted by Gasteiger charge is 2.22. The Hall–Kier alpha value is -2.12. The van der Waals surface area contributed by atoms with Crippen molar-refractivity contribution in [2.75, 3.05) is 13.7 Å². The van der Waals surface area contributed by atoms with Crippen molar-refractivity contribution in [1.82, 2.24) is 4.72 Å². The average Bonchev–Trinajstić information content (AvgIpc) is 2.65. The van der Waals surface area contributed by atoms with E-state index < -0.39 is 16.1 Å². The number of rotatable bonds is 6. The maximum absolute atomic E-state index is 12.6. The first kappa shape index (κ1) is 18.7. The lowest BCUT2D eigenvalue weighted by molar-refractivity contribution is 0.183. The molecule has 0 fully saturated rings. The summed E-state index contributed by atoms with van der Waals surface area (Å²) in [6, 6.07) is 17.5. The fraction of sp³-hybridized carbons (Fsp3) is 0.158. The van der Waals surface area contributed by atoms with Crippen molar-refractivity contribution in [3.63, 3.8) is 0 Å². The standard InChI is InChI=1S/C19H18ClNO4S/c1-25-18-10-9-14(20)11-19(18)26(23,24)21-12-17(22)16-8-4-6-13-5-2-3-7-15(13)16/h2-11,17,21-22H,12H2,1H3/t17-/m0/s1. The summed E-state index contributed by atoms with van der Waals surface area (Å²) in [6.07, 6.45) is -0.999. The summed E-state index contributed by atoms with van der Waals surface area (Å²) in [4.78, 5) is -0.0716. The quantitative estimate of drug-likeness (QED) is 0.674. The number of fused-ring (bicyclic) bond motifs is 1. The van der Waals surface area contributed by atoms with Crippen molar-refractivity contribution in [3.8, 4) is 5.75 Å². The minimum Gasteiger partial charge on any atom is -0.495 e. The van der Waals surface area contributed by atoms with Gasteiger partial charge in [-0.2, -0.15) is 0 Å². The number of halogens is 1. The Labute approximate surface area is 157 Å². The second kappa shape index (κ2) is 7.63. The van der Waals surface area contributed by atoms with Gasteiger partial charge in [0.1, 0.15) is 10.6 Å². The monoisotopic (exact) mass is 391 g/mol. The smallest absolute Gasteiger partial charge is 0.244 e. The van der Waals surface area contributed by atoms with Crippen LogP contribution in [0.2, 0.25) is 5.02 Å². The van der Waals surface area contributed by atoms with Crippen LogP contribution in [0.5, 0.6) is 5.75 Å². The van der Waals surface area contributed by atoms with Gasteiger partial charge in [0, 0.05) is 11.6 Å². The van der Waals surface area contributed by atoms with Crippen LogP contribution in [0, 0.1) is 0 Å². The molecular formula is C19H18ClNO4S. The van der Waals surface area contributed by atoms with E-state index in [1.165, 1.54) is 19.2 Å². The van der Waals surface area contributed by atoms with Crippen molar-refractivity contribution >= 4 is 32.4 Å². The van der Waals surface area contributed by atoms with E-state index in [2.05, 4.69) is 4.72 Å². The highest BCUT2D eigenvalue weighted by Crippen LogP contribution is 2.28. The molecule has 3 aromatic rings. The van der Waals surface area contributed by atoms with Crippen LogP contribution in [0.4, 0.5) is 0 Å². The molecule has 0 aliphatic heterocycles. The van der Waals surface area contributed by atoms with Gasteiger partial charge in [0.15, 0.2) is 0 Å².